The van der Waals surface area contributed by atoms with Crippen molar-refractivity contribution in [2.24, 2.45) is 0 Å². The van der Waals surface area contributed by atoms with Crippen LogP contribution in [0.25, 0.3) is 32.6 Å². The molecule has 5 N–H and O–H groups in total. The van der Waals surface area contributed by atoms with Crippen LogP contribution in [0.4, 0.5) is 10.1 Å². The summed E-state index contributed by atoms with van der Waals surface area (Å²) in [6.07, 6.45) is 0. The first-order valence-electron chi connectivity index (χ1n) is 8.95. The minimum atomic E-state index is -1.31. The van der Waals surface area contributed by atoms with Crippen molar-refractivity contribution >= 4 is 55.8 Å². The number of carboxylic acids is 1. The van der Waals surface area contributed by atoms with Gasteiger partial charge in [-0.15, -0.1) is 0 Å². The van der Waals surface area contributed by atoms with Crippen LogP contribution in [-0.2, 0) is 0 Å². The zero-order valence-corrected chi connectivity index (χ0v) is 16.2. The van der Waals surface area contributed by atoms with E-state index in [-0.39, 0.29) is 11.4 Å². The maximum Gasteiger partial charge on any atom is 0.338 e. The van der Waals surface area contributed by atoms with Gasteiger partial charge in [-0.2, -0.15) is 0 Å². The third kappa shape index (κ3) is 3.49. The van der Waals surface area contributed by atoms with Crippen LogP contribution < -0.4 is 5.73 Å². The number of aromatic hydroxyl groups is 1. The van der Waals surface area contributed by atoms with Crippen molar-refractivity contribution in [2.45, 2.75) is 0 Å². The van der Waals surface area contributed by atoms with Crippen molar-refractivity contribution in [3.05, 3.63) is 83.1 Å². The SMILES string of the molecule is Nc1cccc(C(=O)O)c1F.Oc1ccc2ccc3c4cc(Cl)ccc4[nH]c3c2c1. The minimum absolute atomic E-state index is 0.148. The number of carboxylic acid groups (broad SMARTS) is 1. The molecule has 0 radical (unpaired) electrons. The first kappa shape index (κ1) is 19.5. The second kappa shape index (κ2) is 7.57. The zero-order valence-electron chi connectivity index (χ0n) is 15.5. The van der Waals surface area contributed by atoms with E-state index in [0.717, 1.165) is 43.7 Å². The van der Waals surface area contributed by atoms with E-state index < -0.39 is 17.3 Å². The molecular formula is C23H16ClFN2O3. The first-order valence-corrected chi connectivity index (χ1v) is 9.33. The number of nitrogens with one attached hydrogen (secondary N) is 1. The third-order valence-corrected chi connectivity index (χ3v) is 5.03. The van der Waals surface area contributed by atoms with Crippen molar-refractivity contribution < 1.29 is 19.4 Å². The Labute approximate surface area is 175 Å². The number of rotatable bonds is 1. The topological polar surface area (TPSA) is 99.3 Å². The van der Waals surface area contributed by atoms with Gasteiger partial charge >= 0.3 is 5.97 Å². The molecule has 0 atom stereocenters. The Kier molecular flexibility index (Phi) is 4.93. The summed E-state index contributed by atoms with van der Waals surface area (Å²) < 4.78 is 12.7. The van der Waals surface area contributed by atoms with Crippen molar-refractivity contribution in [1.82, 2.24) is 4.98 Å². The summed E-state index contributed by atoms with van der Waals surface area (Å²) in [6.45, 7) is 0. The lowest BCUT2D eigenvalue weighted by Crippen LogP contribution is -2.02. The van der Waals surface area contributed by atoms with Crippen LogP contribution in [0.15, 0.2) is 66.7 Å². The molecule has 0 fully saturated rings. The Balaban J connectivity index is 0.000000170. The molecule has 1 heterocycles. The zero-order chi connectivity index (χ0) is 21.4. The van der Waals surface area contributed by atoms with Crippen LogP contribution in [0.3, 0.4) is 0 Å². The minimum Gasteiger partial charge on any atom is -0.508 e. The standard InChI is InChI=1S/C16H10ClNO.C7H6FNO2/c17-10-3-6-15-14(7-10)12-5-2-9-1-4-11(19)8-13(9)16(12)18-15;8-6-4(7(10)11)2-1-3-5(6)9/h1-8,18-19H;1-3H,9H2,(H,10,11). The molecule has 0 saturated heterocycles. The van der Waals surface area contributed by atoms with Crippen LogP contribution in [-0.4, -0.2) is 21.2 Å². The molecule has 5 nitrogen and oxygen atoms in total. The number of phenolic OH excluding ortho intramolecular Hbond substituents is 1. The smallest absolute Gasteiger partial charge is 0.338 e. The van der Waals surface area contributed by atoms with Crippen molar-refractivity contribution in [1.29, 1.82) is 0 Å². The summed E-state index contributed by atoms with van der Waals surface area (Å²) in [7, 11) is 0. The van der Waals surface area contributed by atoms with Gasteiger partial charge in [0.25, 0.3) is 0 Å². The Morgan fingerprint density at radius 2 is 1.73 bits per heavy atom. The number of aromatic nitrogens is 1. The van der Waals surface area contributed by atoms with Crippen LogP contribution in [0.2, 0.25) is 5.02 Å². The quantitative estimate of drug-likeness (QED) is 0.251. The third-order valence-electron chi connectivity index (χ3n) is 4.80. The maximum absolute atomic E-state index is 12.7. The van der Waals surface area contributed by atoms with Gasteiger partial charge in [0, 0.05) is 26.7 Å². The van der Waals surface area contributed by atoms with Gasteiger partial charge in [0.15, 0.2) is 5.82 Å². The molecule has 0 aliphatic carbocycles. The summed E-state index contributed by atoms with van der Waals surface area (Å²) >= 11 is 6.07. The number of benzene rings is 4. The predicted octanol–water partition coefficient (Wildman–Crippen LogP) is 5.94. The molecule has 150 valence electrons. The Bertz CT molecular complexity index is 1430. The molecule has 0 spiro atoms. The molecule has 0 aliphatic rings. The molecule has 0 amide bonds. The Hall–Kier alpha value is -3.77. The molecule has 30 heavy (non-hydrogen) atoms. The number of carbonyl (C=O) groups is 1. The lowest BCUT2D eigenvalue weighted by atomic mass is 10.1. The molecule has 4 aromatic carbocycles. The average molecular weight is 423 g/mol. The number of aromatic amines is 1. The average Bonchev–Trinajstić information content (AvgIpc) is 3.08. The summed E-state index contributed by atoms with van der Waals surface area (Å²) in [6, 6.07) is 19.2. The fraction of sp³-hybridized carbons (Fsp3) is 0. The number of aromatic carboxylic acids is 1. The van der Waals surface area contributed by atoms with Crippen LogP contribution in [0, 0.1) is 5.82 Å². The molecule has 1 aromatic heterocycles. The number of nitrogens with two attached hydrogens (primary N) is 1. The number of hydrogen-bond donors (Lipinski definition) is 4. The molecule has 0 bridgehead atoms. The lowest BCUT2D eigenvalue weighted by molar-refractivity contribution is 0.0692. The highest BCUT2D eigenvalue weighted by atomic mass is 35.5. The van der Waals surface area contributed by atoms with Crippen LogP contribution >= 0.6 is 11.6 Å². The van der Waals surface area contributed by atoms with E-state index in [0.29, 0.717) is 0 Å². The summed E-state index contributed by atoms with van der Waals surface area (Å²) in [4.78, 5) is 13.7. The highest BCUT2D eigenvalue weighted by Crippen LogP contribution is 2.33. The number of H-pyrrole nitrogens is 1. The molecule has 0 saturated carbocycles. The van der Waals surface area contributed by atoms with Gasteiger partial charge in [-0.3, -0.25) is 0 Å². The van der Waals surface area contributed by atoms with Crippen molar-refractivity contribution in [3.8, 4) is 5.75 Å². The maximum atomic E-state index is 12.7. The van der Waals surface area contributed by atoms with E-state index in [1.807, 2.05) is 24.3 Å². The predicted molar refractivity (Wildman–Crippen MR) is 118 cm³/mol. The van der Waals surface area contributed by atoms with Crippen LogP contribution in [0.5, 0.6) is 5.75 Å². The summed E-state index contributed by atoms with van der Waals surface area (Å²) in [5.74, 6) is -1.91. The molecule has 5 rings (SSSR count). The van der Waals surface area contributed by atoms with Gasteiger partial charge in [0.1, 0.15) is 5.75 Å². The van der Waals surface area contributed by atoms with Gasteiger partial charge in [-0.1, -0.05) is 35.9 Å². The number of anilines is 1. The number of fused-ring (bicyclic) bond motifs is 5. The monoisotopic (exact) mass is 422 g/mol. The summed E-state index contributed by atoms with van der Waals surface area (Å²) in [5, 5.41) is 23.1. The van der Waals surface area contributed by atoms with Crippen LogP contribution in [0.1, 0.15) is 10.4 Å². The number of halogens is 2. The second-order valence-corrected chi connectivity index (χ2v) is 7.16. The van der Waals surface area contributed by atoms with E-state index >= 15 is 0 Å². The van der Waals surface area contributed by atoms with E-state index in [2.05, 4.69) is 17.1 Å². The highest BCUT2D eigenvalue weighted by Gasteiger charge is 2.11. The number of phenols is 1. The van der Waals surface area contributed by atoms with Crippen molar-refractivity contribution in [2.75, 3.05) is 5.73 Å². The lowest BCUT2D eigenvalue weighted by Gasteiger charge is -2.00. The van der Waals surface area contributed by atoms with Gasteiger partial charge < -0.3 is 20.9 Å². The molecule has 5 aromatic rings. The normalized spacial score (nSPS) is 10.9. The van der Waals surface area contributed by atoms with Gasteiger partial charge in [0.05, 0.1) is 16.8 Å². The van der Waals surface area contributed by atoms with Gasteiger partial charge in [-0.25, -0.2) is 9.18 Å². The second-order valence-electron chi connectivity index (χ2n) is 6.72. The Morgan fingerprint density at radius 1 is 0.967 bits per heavy atom. The molecule has 7 heteroatoms. The fourth-order valence-electron chi connectivity index (χ4n) is 3.36. The van der Waals surface area contributed by atoms with E-state index in [1.165, 1.54) is 12.1 Å². The molecule has 0 unspecified atom stereocenters. The van der Waals surface area contributed by atoms with Crippen molar-refractivity contribution in [3.63, 3.8) is 0 Å². The number of nitrogen functional groups attached to an aromatic ring is 1. The molecule has 0 aliphatic heterocycles. The molecular weight excluding hydrogens is 407 g/mol. The van der Waals surface area contributed by atoms with Gasteiger partial charge in [-0.05, 0) is 47.9 Å². The van der Waals surface area contributed by atoms with E-state index in [1.54, 1.807) is 12.1 Å². The number of hydrogen-bond acceptors (Lipinski definition) is 3. The van der Waals surface area contributed by atoms with E-state index in [4.69, 9.17) is 22.4 Å². The largest absolute Gasteiger partial charge is 0.508 e. The van der Waals surface area contributed by atoms with E-state index in [9.17, 15) is 14.3 Å². The summed E-state index contributed by atoms with van der Waals surface area (Å²) in [5.41, 5.74) is 6.66. The highest BCUT2D eigenvalue weighted by molar-refractivity contribution is 6.32. The van der Waals surface area contributed by atoms with Gasteiger partial charge in [0.2, 0.25) is 0 Å². The first-order chi connectivity index (χ1) is 14.3. The Morgan fingerprint density at radius 3 is 2.47 bits per heavy atom. The fourth-order valence-corrected chi connectivity index (χ4v) is 3.54.